The van der Waals surface area contributed by atoms with Gasteiger partial charge in [0.1, 0.15) is 22.3 Å². The van der Waals surface area contributed by atoms with E-state index in [4.69, 9.17) is 9.97 Å². The van der Waals surface area contributed by atoms with Crippen molar-refractivity contribution in [3.63, 3.8) is 0 Å². The number of thiazole rings is 1. The molecule has 2 aliphatic rings. The number of anilines is 3. The van der Waals surface area contributed by atoms with Gasteiger partial charge in [-0.15, -0.1) is 0 Å². The van der Waals surface area contributed by atoms with Crippen molar-refractivity contribution in [2.45, 2.75) is 26.4 Å². The van der Waals surface area contributed by atoms with Gasteiger partial charge in [-0.1, -0.05) is 29.0 Å². The molecule has 1 atom stereocenters. The van der Waals surface area contributed by atoms with Gasteiger partial charge in [-0.2, -0.15) is 0 Å². The van der Waals surface area contributed by atoms with E-state index in [2.05, 4.69) is 63.8 Å². The summed E-state index contributed by atoms with van der Waals surface area (Å²) in [5, 5.41) is 7.71. The number of piperazine rings is 1. The van der Waals surface area contributed by atoms with Crippen molar-refractivity contribution in [1.29, 1.82) is 0 Å². The number of amides is 1. The quantitative estimate of drug-likeness (QED) is 0.503. The molecule has 4 heterocycles. The molecule has 1 unspecified atom stereocenters. The average molecular weight is 504 g/mol. The molecule has 1 saturated heterocycles. The number of rotatable bonds is 7. The summed E-state index contributed by atoms with van der Waals surface area (Å²) in [5.41, 5.74) is 4.53. The Morgan fingerprint density at radius 3 is 2.67 bits per heavy atom. The second-order valence-corrected chi connectivity index (χ2v) is 10.3. The summed E-state index contributed by atoms with van der Waals surface area (Å²) < 4.78 is 0. The van der Waals surface area contributed by atoms with Crippen LogP contribution in [0.15, 0.2) is 60.3 Å². The van der Waals surface area contributed by atoms with Crippen molar-refractivity contribution in [3.8, 4) is 0 Å². The highest BCUT2D eigenvalue weighted by Gasteiger charge is 2.19. The fourth-order valence-electron chi connectivity index (χ4n) is 4.49. The smallest absolute Gasteiger partial charge is 0.219 e. The van der Waals surface area contributed by atoms with E-state index in [1.807, 2.05) is 30.3 Å². The maximum atomic E-state index is 11.5. The van der Waals surface area contributed by atoms with Gasteiger partial charge in [0.2, 0.25) is 5.91 Å². The van der Waals surface area contributed by atoms with Crippen molar-refractivity contribution in [2.24, 2.45) is 0 Å². The van der Waals surface area contributed by atoms with Crippen molar-refractivity contribution < 1.29 is 4.79 Å². The molecule has 188 valence electrons. The molecule has 2 N–H and O–H groups in total. The van der Waals surface area contributed by atoms with E-state index in [1.165, 1.54) is 11.1 Å². The largest absolute Gasteiger partial charge is 0.368 e. The van der Waals surface area contributed by atoms with Gasteiger partial charge >= 0.3 is 0 Å². The van der Waals surface area contributed by atoms with Gasteiger partial charge in [-0.3, -0.25) is 9.69 Å². The maximum Gasteiger partial charge on any atom is 0.219 e. The third-order valence-electron chi connectivity index (χ3n) is 6.77. The molecular weight excluding hydrogens is 470 g/mol. The molecule has 1 fully saturated rings. The average Bonchev–Trinajstić information content (AvgIpc) is 3.29. The summed E-state index contributed by atoms with van der Waals surface area (Å²) >= 11 is 1.57. The zero-order valence-electron chi connectivity index (χ0n) is 21.1. The molecule has 8 nitrogen and oxygen atoms in total. The summed E-state index contributed by atoms with van der Waals surface area (Å²) in [4.78, 5) is 28.5. The molecular formula is C27H33N7OS. The Bertz CT molecular complexity index is 1280. The number of nitrogens with one attached hydrogen (secondary N) is 2. The van der Waals surface area contributed by atoms with Crippen LogP contribution < -0.4 is 15.5 Å². The highest BCUT2D eigenvalue weighted by atomic mass is 32.1. The Morgan fingerprint density at radius 2 is 1.92 bits per heavy atom. The van der Waals surface area contributed by atoms with Crippen LogP contribution in [-0.2, 0) is 4.79 Å². The highest BCUT2D eigenvalue weighted by Crippen LogP contribution is 2.29. The van der Waals surface area contributed by atoms with Crippen LogP contribution in [0.4, 0.5) is 16.6 Å². The van der Waals surface area contributed by atoms with Crippen molar-refractivity contribution in [2.75, 3.05) is 50.0 Å². The summed E-state index contributed by atoms with van der Waals surface area (Å²) in [6.07, 6.45) is 7.32. The molecule has 0 aliphatic carbocycles. The Hall–Kier alpha value is -3.43. The molecule has 2 aromatic heterocycles. The van der Waals surface area contributed by atoms with E-state index in [1.54, 1.807) is 18.3 Å². The van der Waals surface area contributed by atoms with Crippen LogP contribution in [0, 0.1) is 6.92 Å². The molecule has 1 amide bonds. The molecule has 5 rings (SSSR count). The minimum atomic E-state index is -0.0187. The lowest BCUT2D eigenvalue weighted by Crippen LogP contribution is -2.48. The number of carbonyl (C=O) groups is 1. The monoisotopic (exact) mass is 503 g/mol. The first-order valence-electron chi connectivity index (χ1n) is 12.4. The van der Waals surface area contributed by atoms with Crippen molar-refractivity contribution in [3.05, 3.63) is 65.9 Å². The van der Waals surface area contributed by atoms with Crippen LogP contribution in [-0.4, -0.2) is 71.6 Å². The Kier molecular flexibility index (Phi) is 7.20. The van der Waals surface area contributed by atoms with Gasteiger partial charge in [0.05, 0.1) is 0 Å². The first-order chi connectivity index (χ1) is 17.4. The Balaban J connectivity index is 1.19. The van der Waals surface area contributed by atoms with E-state index in [9.17, 15) is 4.79 Å². The van der Waals surface area contributed by atoms with Gasteiger partial charge < -0.3 is 20.4 Å². The summed E-state index contributed by atoms with van der Waals surface area (Å²) in [5.74, 6) is 1.07. The molecule has 0 bridgehead atoms. The van der Waals surface area contributed by atoms with Gasteiger partial charge in [0, 0.05) is 52.4 Å². The number of aromatic nitrogens is 2. The molecule has 0 saturated carbocycles. The number of fused-ring (bicyclic) bond motifs is 1. The van der Waals surface area contributed by atoms with E-state index in [-0.39, 0.29) is 12.1 Å². The number of hydrogen-bond acceptors (Lipinski definition) is 8. The maximum absolute atomic E-state index is 11.5. The normalized spacial score (nSPS) is 18.1. The number of carbonyl (C=O) groups excluding carboxylic acids is 1. The molecule has 0 spiro atoms. The van der Waals surface area contributed by atoms with Gasteiger partial charge in [0.15, 0.2) is 5.13 Å². The minimum absolute atomic E-state index is 0.0187. The van der Waals surface area contributed by atoms with Crippen LogP contribution in [0.25, 0.3) is 10.3 Å². The Labute approximate surface area is 216 Å². The molecule has 2 aliphatic heterocycles. The SMILES string of the molecule is CC(=O)N1CCN(CCC2=CC(Nc3nc4ccc(N(C)c5ccc(C)cc5)nc4s3)NC=C2)CC1. The fourth-order valence-corrected chi connectivity index (χ4v) is 5.36. The standard InChI is InChI=1S/C27H33N7OS/c1-19-4-6-22(7-5-19)32(3)25-9-8-23-26(31-25)36-27(29-23)30-24-18-21(10-12-28-24)11-13-33-14-16-34(17-15-33)20(2)35/h4-10,12,18,24,28H,11,13-17H2,1-3H3,(H,29,30). The number of dihydropyridines is 1. The van der Waals surface area contributed by atoms with Crippen molar-refractivity contribution in [1.82, 2.24) is 25.1 Å². The van der Waals surface area contributed by atoms with E-state index >= 15 is 0 Å². The van der Waals surface area contributed by atoms with Gasteiger partial charge in [-0.25, -0.2) is 9.97 Å². The highest BCUT2D eigenvalue weighted by molar-refractivity contribution is 7.21. The van der Waals surface area contributed by atoms with E-state index in [0.717, 1.165) is 66.1 Å². The first-order valence-corrected chi connectivity index (χ1v) is 13.2. The first kappa shape index (κ1) is 24.3. The molecule has 36 heavy (non-hydrogen) atoms. The van der Waals surface area contributed by atoms with Crippen LogP contribution >= 0.6 is 11.3 Å². The summed E-state index contributed by atoms with van der Waals surface area (Å²) in [7, 11) is 2.03. The van der Waals surface area contributed by atoms with Crippen molar-refractivity contribution >= 4 is 44.2 Å². The van der Waals surface area contributed by atoms with Crippen LogP contribution in [0.2, 0.25) is 0 Å². The second-order valence-electron chi connectivity index (χ2n) is 9.37. The molecule has 0 radical (unpaired) electrons. The lowest BCUT2D eigenvalue weighted by molar-refractivity contribution is -0.130. The predicted molar refractivity (Wildman–Crippen MR) is 148 cm³/mol. The van der Waals surface area contributed by atoms with Gasteiger partial charge in [0.25, 0.3) is 0 Å². The lowest BCUT2D eigenvalue weighted by Gasteiger charge is -2.34. The third-order valence-corrected chi connectivity index (χ3v) is 7.67. The topological polar surface area (TPSA) is 76.6 Å². The zero-order valence-corrected chi connectivity index (χ0v) is 21.9. The van der Waals surface area contributed by atoms with Crippen LogP contribution in [0.3, 0.4) is 0 Å². The lowest BCUT2D eigenvalue weighted by atomic mass is 10.1. The fraction of sp³-hybridized carbons (Fsp3) is 0.370. The number of nitrogens with zero attached hydrogens (tertiary/aromatic N) is 5. The van der Waals surface area contributed by atoms with Crippen LogP contribution in [0.5, 0.6) is 0 Å². The third kappa shape index (κ3) is 5.68. The number of hydrogen-bond donors (Lipinski definition) is 2. The second kappa shape index (κ2) is 10.7. The molecule has 9 heteroatoms. The number of allylic oxidation sites excluding steroid dienone is 1. The predicted octanol–water partition coefficient (Wildman–Crippen LogP) is 4.10. The minimum Gasteiger partial charge on any atom is -0.368 e. The summed E-state index contributed by atoms with van der Waals surface area (Å²) in [6.45, 7) is 8.27. The zero-order chi connectivity index (χ0) is 25.1. The summed E-state index contributed by atoms with van der Waals surface area (Å²) in [6, 6.07) is 12.5. The van der Waals surface area contributed by atoms with E-state index < -0.39 is 0 Å². The number of aryl methyl sites for hydroxylation is 1. The number of pyridine rings is 1. The molecule has 3 aromatic rings. The van der Waals surface area contributed by atoms with Crippen LogP contribution in [0.1, 0.15) is 18.9 Å². The van der Waals surface area contributed by atoms with Gasteiger partial charge in [-0.05, 0) is 61.5 Å². The van der Waals surface area contributed by atoms with E-state index in [0.29, 0.717) is 0 Å². The number of benzene rings is 1. The Morgan fingerprint density at radius 1 is 1.14 bits per heavy atom. The molecule has 1 aromatic carbocycles.